The standard InChI is InChI=1S/C14H17N3O/c1-2-12(15)9-17-14(18)11-5-6-13-10(8-11)4-3-7-16-13/h3-8,12H,2,9,15H2,1H3,(H,17,18). The van der Waals surface area contributed by atoms with Gasteiger partial charge in [-0.25, -0.2) is 0 Å². The maximum Gasteiger partial charge on any atom is 0.251 e. The molecule has 0 aliphatic carbocycles. The molecule has 94 valence electrons. The van der Waals surface area contributed by atoms with Gasteiger partial charge < -0.3 is 11.1 Å². The summed E-state index contributed by atoms with van der Waals surface area (Å²) in [6.07, 6.45) is 2.59. The maximum absolute atomic E-state index is 11.9. The van der Waals surface area contributed by atoms with E-state index < -0.39 is 0 Å². The highest BCUT2D eigenvalue weighted by Crippen LogP contribution is 2.13. The van der Waals surface area contributed by atoms with Gasteiger partial charge in [0, 0.05) is 29.7 Å². The zero-order valence-corrected chi connectivity index (χ0v) is 10.4. The molecule has 3 N–H and O–H groups in total. The van der Waals surface area contributed by atoms with Crippen molar-refractivity contribution in [1.29, 1.82) is 0 Å². The normalized spacial score (nSPS) is 12.3. The average molecular weight is 243 g/mol. The highest BCUT2D eigenvalue weighted by Gasteiger charge is 2.07. The van der Waals surface area contributed by atoms with Crippen molar-refractivity contribution in [3.8, 4) is 0 Å². The Morgan fingerprint density at radius 3 is 3.06 bits per heavy atom. The van der Waals surface area contributed by atoms with Gasteiger partial charge in [0.05, 0.1) is 5.52 Å². The molecule has 1 aromatic carbocycles. The van der Waals surface area contributed by atoms with E-state index in [1.54, 1.807) is 12.3 Å². The minimum Gasteiger partial charge on any atom is -0.350 e. The van der Waals surface area contributed by atoms with E-state index in [4.69, 9.17) is 5.73 Å². The first-order chi connectivity index (χ1) is 8.70. The Morgan fingerprint density at radius 1 is 1.44 bits per heavy atom. The Balaban J connectivity index is 2.13. The molecule has 0 saturated carbocycles. The molecule has 1 unspecified atom stereocenters. The molecule has 18 heavy (non-hydrogen) atoms. The second-order valence-corrected chi connectivity index (χ2v) is 4.29. The fourth-order valence-electron chi connectivity index (χ4n) is 1.69. The highest BCUT2D eigenvalue weighted by molar-refractivity contribution is 5.97. The topological polar surface area (TPSA) is 68.0 Å². The lowest BCUT2D eigenvalue weighted by molar-refractivity contribution is 0.0951. The van der Waals surface area contributed by atoms with Crippen LogP contribution in [-0.2, 0) is 0 Å². The van der Waals surface area contributed by atoms with Crippen LogP contribution in [0.3, 0.4) is 0 Å². The monoisotopic (exact) mass is 243 g/mol. The van der Waals surface area contributed by atoms with Gasteiger partial charge >= 0.3 is 0 Å². The average Bonchev–Trinajstić information content (AvgIpc) is 2.43. The molecule has 1 amide bonds. The Bertz CT molecular complexity index is 553. The number of hydrogen-bond acceptors (Lipinski definition) is 3. The lowest BCUT2D eigenvalue weighted by Gasteiger charge is -2.10. The van der Waals surface area contributed by atoms with E-state index in [1.165, 1.54) is 0 Å². The van der Waals surface area contributed by atoms with Crippen molar-refractivity contribution in [3.63, 3.8) is 0 Å². The summed E-state index contributed by atoms with van der Waals surface area (Å²) >= 11 is 0. The van der Waals surface area contributed by atoms with Crippen molar-refractivity contribution < 1.29 is 4.79 Å². The molecule has 2 aromatic rings. The Hall–Kier alpha value is -1.94. The van der Waals surface area contributed by atoms with Gasteiger partial charge in [-0.3, -0.25) is 9.78 Å². The van der Waals surface area contributed by atoms with E-state index in [0.29, 0.717) is 12.1 Å². The number of nitrogens with zero attached hydrogens (tertiary/aromatic N) is 1. The van der Waals surface area contributed by atoms with Gasteiger partial charge in [0.2, 0.25) is 0 Å². The lowest BCUT2D eigenvalue weighted by atomic mass is 10.1. The summed E-state index contributed by atoms with van der Waals surface area (Å²) in [5.41, 5.74) is 7.29. The molecule has 1 aromatic heterocycles. The van der Waals surface area contributed by atoms with Gasteiger partial charge in [0.1, 0.15) is 0 Å². The largest absolute Gasteiger partial charge is 0.350 e. The van der Waals surface area contributed by atoms with Crippen molar-refractivity contribution in [3.05, 3.63) is 42.1 Å². The van der Waals surface area contributed by atoms with E-state index in [1.807, 2.05) is 31.2 Å². The summed E-state index contributed by atoms with van der Waals surface area (Å²) < 4.78 is 0. The summed E-state index contributed by atoms with van der Waals surface area (Å²) in [7, 11) is 0. The van der Waals surface area contributed by atoms with Crippen LogP contribution in [0.5, 0.6) is 0 Å². The van der Waals surface area contributed by atoms with Crippen LogP contribution < -0.4 is 11.1 Å². The number of carbonyl (C=O) groups is 1. The first kappa shape index (κ1) is 12.5. The molecule has 0 aliphatic rings. The first-order valence-corrected chi connectivity index (χ1v) is 6.09. The quantitative estimate of drug-likeness (QED) is 0.858. The van der Waals surface area contributed by atoms with Gasteiger partial charge in [-0.15, -0.1) is 0 Å². The molecule has 2 rings (SSSR count). The molecule has 0 spiro atoms. The summed E-state index contributed by atoms with van der Waals surface area (Å²) in [5, 5.41) is 3.79. The SMILES string of the molecule is CCC(N)CNC(=O)c1ccc2ncccc2c1. The highest BCUT2D eigenvalue weighted by atomic mass is 16.1. The van der Waals surface area contributed by atoms with Gasteiger partial charge in [-0.05, 0) is 30.7 Å². The molecular formula is C14H17N3O. The van der Waals surface area contributed by atoms with Crippen LogP contribution in [0.2, 0.25) is 0 Å². The zero-order chi connectivity index (χ0) is 13.0. The number of benzene rings is 1. The molecule has 1 atom stereocenters. The Labute approximate surface area is 106 Å². The van der Waals surface area contributed by atoms with Crippen LogP contribution in [0.15, 0.2) is 36.5 Å². The van der Waals surface area contributed by atoms with Crippen LogP contribution >= 0.6 is 0 Å². The number of amides is 1. The van der Waals surface area contributed by atoms with E-state index >= 15 is 0 Å². The van der Waals surface area contributed by atoms with Crippen LogP contribution in [0.25, 0.3) is 10.9 Å². The van der Waals surface area contributed by atoms with Crippen LogP contribution in [0.1, 0.15) is 23.7 Å². The van der Waals surface area contributed by atoms with E-state index in [0.717, 1.165) is 17.3 Å². The smallest absolute Gasteiger partial charge is 0.251 e. The predicted molar refractivity (Wildman–Crippen MR) is 72.3 cm³/mol. The van der Waals surface area contributed by atoms with Crippen molar-refractivity contribution in [2.24, 2.45) is 5.73 Å². The minimum absolute atomic E-state index is 0.0103. The molecule has 0 radical (unpaired) electrons. The van der Waals surface area contributed by atoms with Crippen molar-refractivity contribution in [2.75, 3.05) is 6.54 Å². The van der Waals surface area contributed by atoms with Gasteiger partial charge in [-0.2, -0.15) is 0 Å². The molecular weight excluding hydrogens is 226 g/mol. The predicted octanol–water partition coefficient (Wildman–Crippen LogP) is 1.70. The molecule has 0 bridgehead atoms. The second kappa shape index (κ2) is 5.60. The third-order valence-corrected chi connectivity index (χ3v) is 2.91. The molecule has 4 nitrogen and oxygen atoms in total. The number of rotatable bonds is 4. The van der Waals surface area contributed by atoms with Gasteiger partial charge in [-0.1, -0.05) is 13.0 Å². The van der Waals surface area contributed by atoms with E-state index in [2.05, 4.69) is 10.3 Å². The summed E-state index contributed by atoms with van der Waals surface area (Å²) in [6, 6.07) is 9.28. The summed E-state index contributed by atoms with van der Waals surface area (Å²) in [5.74, 6) is -0.0929. The molecule has 0 fully saturated rings. The van der Waals surface area contributed by atoms with Crippen LogP contribution in [-0.4, -0.2) is 23.5 Å². The number of pyridine rings is 1. The summed E-state index contributed by atoms with van der Waals surface area (Å²) in [4.78, 5) is 16.1. The third kappa shape index (κ3) is 2.84. The number of carbonyl (C=O) groups excluding carboxylic acids is 1. The number of fused-ring (bicyclic) bond motifs is 1. The Morgan fingerprint density at radius 2 is 2.28 bits per heavy atom. The maximum atomic E-state index is 11.9. The fourth-order valence-corrected chi connectivity index (χ4v) is 1.69. The molecule has 0 saturated heterocycles. The number of aromatic nitrogens is 1. The van der Waals surface area contributed by atoms with Crippen LogP contribution in [0, 0.1) is 0 Å². The number of nitrogens with two attached hydrogens (primary N) is 1. The fraction of sp³-hybridized carbons (Fsp3) is 0.286. The minimum atomic E-state index is -0.0929. The van der Waals surface area contributed by atoms with Gasteiger partial charge in [0.25, 0.3) is 5.91 Å². The van der Waals surface area contributed by atoms with Crippen molar-refractivity contribution >= 4 is 16.8 Å². The zero-order valence-electron chi connectivity index (χ0n) is 10.4. The third-order valence-electron chi connectivity index (χ3n) is 2.91. The molecule has 4 heteroatoms. The van der Waals surface area contributed by atoms with E-state index in [9.17, 15) is 4.79 Å². The number of hydrogen-bond donors (Lipinski definition) is 2. The molecule has 1 heterocycles. The van der Waals surface area contributed by atoms with Crippen molar-refractivity contribution in [2.45, 2.75) is 19.4 Å². The van der Waals surface area contributed by atoms with Crippen molar-refractivity contribution in [1.82, 2.24) is 10.3 Å². The van der Waals surface area contributed by atoms with Crippen LogP contribution in [0.4, 0.5) is 0 Å². The Kier molecular flexibility index (Phi) is 3.89. The molecule has 0 aliphatic heterocycles. The number of nitrogens with one attached hydrogen (secondary N) is 1. The van der Waals surface area contributed by atoms with E-state index in [-0.39, 0.29) is 11.9 Å². The van der Waals surface area contributed by atoms with Gasteiger partial charge in [0.15, 0.2) is 0 Å². The first-order valence-electron chi connectivity index (χ1n) is 6.09. The second-order valence-electron chi connectivity index (χ2n) is 4.29. The summed E-state index contributed by atoms with van der Waals surface area (Å²) in [6.45, 7) is 2.50. The lowest BCUT2D eigenvalue weighted by Crippen LogP contribution is -2.36.